The number of nitrogens with one attached hydrogen (secondary N) is 2. The van der Waals surface area contributed by atoms with Crippen LogP contribution in [0.4, 0.5) is 5.69 Å². The first-order valence-electron chi connectivity index (χ1n) is 10.8. The number of benzene rings is 1. The summed E-state index contributed by atoms with van der Waals surface area (Å²) in [5.41, 5.74) is -1.64. The molecule has 0 aromatic heterocycles. The molecule has 5 saturated carbocycles. The standard InChI is InChI=1S/C21H27N3O5S/c25-19(22-20-11-14-7-15(12-20)9-16(8-14)13-20)21(5-2-6-21)23-30(28,29)18-4-1-3-17(10-18)24(26)27/h1,3-4,10,14-16,23H,2,5-9,11-13H2,(H,22,25). The van der Waals surface area contributed by atoms with Crippen LogP contribution in [0.5, 0.6) is 0 Å². The SMILES string of the molecule is O=C(NC12CC3CC(CC(C3)C1)C2)C1(NS(=O)(=O)c2cccc([N+](=O)[O-])c2)CCC1. The predicted molar refractivity (Wildman–Crippen MR) is 109 cm³/mol. The minimum absolute atomic E-state index is 0.189. The van der Waals surface area contributed by atoms with Crippen molar-refractivity contribution in [3.63, 3.8) is 0 Å². The van der Waals surface area contributed by atoms with E-state index in [0.29, 0.717) is 30.6 Å². The van der Waals surface area contributed by atoms with Crippen LogP contribution < -0.4 is 10.0 Å². The second kappa shape index (κ2) is 6.75. The quantitative estimate of drug-likeness (QED) is 0.528. The molecule has 0 radical (unpaired) electrons. The van der Waals surface area contributed by atoms with Crippen LogP contribution in [0.2, 0.25) is 0 Å². The average molecular weight is 434 g/mol. The number of nitrogens with zero attached hydrogens (tertiary/aromatic N) is 1. The number of hydrogen-bond acceptors (Lipinski definition) is 5. The third-order valence-electron chi connectivity index (χ3n) is 7.73. The van der Waals surface area contributed by atoms with Gasteiger partial charge >= 0.3 is 0 Å². The molecule has 5 aliphatic rings. The second-order valence-corrected chi connectivity index (χ2v) is 11.6. The number of non-ortho nitro benzene ring substituents is 1. The summed E-state index contributed by atoms with van der Waals surface area (Å²) in [6, 6.07) is 4.94. The van der Waals surface area contributed by atoms with Gasteiger partial charge in [0.25, 0.3) is 5.69 Å². The van der Waals surface area contributed by atoms with E-state index in [0.717, 1.165) is 31.7 Å². The summed E-state index contributed by atoms with van der Waals surface area (Å²) in [7, 11) is -4.06. The number of amides is 1. The Morgan fingerprint density at radius 2 is 1.67 bits per heavy atom. The van der Waals surface area contributed by atoms with Crippen molar-refractivity contribution in [3.05, 3.63) is 34.4 Å². The minimum atomic E-state index is -4.06. The largest absolute Gasteiger partial charge is 0.349 e. The molecule has 0 unspecified atom stereocenters. The zero-order valence-electron chi connectivity index (χ0n) is 16.8. The Hall–Kier alpha value is -2.00. The molecule has 0 heterocycles. The fourth-order valence-electron chi connectivity index (χ4n) is 6.61. The van der Waals surface area contributed by atoms with Crippen LogP contribution in [-0.4, -0.2) is 30.3 Å². The number of rotatable bonds is 6. The number of carbonyl (C=O) groups is 1. The molecule has 0 spiro atoms. The van der Waals surface area contributed by atoms with Crippen LogP contribution in [-0.2, 0) is 14.8 Å². The zero-order chi connectivity index (χ0) is 21.1. The summed E-state index contributed by atoms with van der Waals surface area (Å²) in [5.74, 6) is 1.80. The van der Waals surface area contributed by atoms with Crippen molar-refractivity contribution in [3.8, 4) is 0 Å². The van der Waals surface area contributed by atoms with E-state index in [4.69, 9.17) is 0 Å². The third-order valence-corrected chi connectivity index (χ3v) is 9.26. The minimum Gasteiger partial charge on any atom is -0.349 e. The van der Waals surface area contributed by atoms with Crippen molar-refractivity contribution < 1.29 is 18.1 Å². The van der Waals surface area contributed by atoms with E-state index in [9.17, 15) is 23.3 Å². The van der Waals surface area contributed by atoms with Gasteiger partial charge < -0.3 is 5.32 Å². The second-order valence-electron chi connectivity index (χ2n) is 9.95. The zero-order valence-corrected chi connectivity index (χ0v) is 17.6. The van der Waals surface area contributed by atoms with Crippen LogP contribution in [0.25, 0.3) is 0 Å². The lowest BCUT2D eigenvalue weighted by Gasteiger charge is -2.57. The lowest BCUT2D eigenvalue weighted by Crippen LogP contribution is -2.68. The number of nitro benzene ring substituents is 1. The Morgan fingerprint density at radius 1 is 1.07 bits per heavy atom. The summed E-state index contributed by atoms with van der Waals surface area (Å²) in [6.07, 6.45) is 8.44. The molecule has 0 atom stereocenters. The molecule has 30 heavy (non-hydrogen) atoms. The Kier molecular flexibility index (Phi) is 4.49. The first kappa shape index (κ1) is 19.9. The van der Waals surface area contributed by atoms with Gasteiger partial charge in [0, 0.05) is 17.7 Å². The summed E-state index contributed by atoms with van der Waals surface area (Å²) >= 11 is 0. The maximum Gasteiger partial charge on any atom is 0.270 e. The lowest BCUT2D eigenvalue weighted by molar-refractivity contribution is -0.385. The van der Waals surface area contributed by atoms with Gasteiger partial charge in [-0.2, -0.15) is 4.72 Å². The van der Waals surface area contributed by atoms with Crippen LogP contribution in [0.15, 0.2) is 29.2 Å². The molecule has 6 rings (SSSR count). The van der Waals surface area contributed by atoms with Crippen molar-refractivity contribution in [1.82, 2.24) is 10.0 Å². The van der Waals surface area contributed by atoms with Crippen molar-refractivity contribution in [2.24, 2.45) is 17.8 Å². The highest BCUT2D eigenvalue weighted by Gasteiger charge is 2.55. The smallest absolute Gasteiger partial charge is 0.270 e. The first-order chi connectivity index (χ1) is 14.2. The fraction of sp³-hybridized carbons (Fsp3) is 0.667. The molecule has 2 N–H and O–H groups in total. The van der Waals surface area contributed by atoms with E-state index < -0.39 is 20.5 Å². The first-order valence-corrected chi connectivity index (χ1v) is 12.3. The summed E-state index contributed by atoms with van der Waals surface area (Å²) < 4.78 is 28.5. The van der Waals surface area contributed by atoms with Crippen LogP contribution in [0.3, 0.4) is 0 Å². The Bertz CT molecular complexity index is 966. The normalized spacial score (nSPS) is 33.7. The predicted octanol–water partition coefficient (Wildman–Crippen LogP) is 2.88. The highest BCUT2D eigenvalue weighted by molar-refractivity contribution is 7.89. The maximum absolute atomic E-state index is 13.4. The maximum atomic E-state index is 13.4. The number of hydrogen-bond donors (Lipinski definition) is 2. The molecular formula is C21H27N3O5S. The van der Waals surface area contributed by atoms with Gasteiger partial charge in [0.15, 0.2) is 0 Å². The molecule has 162 valence electrons. The molecule has 1 amide bonds. The third kappa shape index (κ3) is 3.32. The van der Waals surface area contributed by atoms with Gasteiger partial charge in [-0.15, -0.1) is 0 Å². The molecule has 1 aromatic rings. The molecular weight excluding hydrogens is 406 g/mol. The number of sulfonamides is 1. The summed E-state index contributed by atoms with van der Waals surface area (Å²) in [6.45, 7) is 0. The van der Waals surface area contributed by atoms with Gasteiger partial charge in [-0.1, -0.05) is 6.07 Å². The molecule has 5 aliphatic carbocycles. The van der Waals surface area contributed by atoms with Gasteiger partial charge in [0.2, 0.25) is 15.9 Å². The Morgan fingerprint density at radius 3 is 2.17 bits per heavy atom. The monoisotopic (exact) mass is 433 g/mol. The van der Waals surface area contributed by atoms with Crippen molar-refractivity contribution >= 4 is 21.6 Å². The van der Waals surface area contributed by atoms with E-state index in [1.165, 1.54) is 37.5 Å². The van der Waals surface area contributed by atoms with E-state index in [1.54, 1.807) is 0 Å². The van der Waals surface area contributed by atoms with E-state index in [-0.39, 0.29) is 22.0 Å². The Balaban J connectivity index is 1.36. The Labute approximate surface area is 176 Å². The van der Waals surface area contributed by atoms with Gasteiger partial charge in [-0.25, -0.2) is 8.42 Å². The van der Waals surface area contributed by atoms with Gasteiger partial charge in [-0.3, -0.25) is 14.9 Å². The van der Waals surface area contributed by atoms with Crippen molar-refractivity contribution in [2.75, 3.05) is 0 Å². The highest BCUT2D eigenvalue weighted by Crippen LogP contribution is 2.56. The molecule has 5 fully saturated rings. The molecule has 0 saturated heterocycles. The number of nitro groups is 1. The summed E-state index contributed by atoms with van der Waals surface area (Å²) in [5, 5.41) is 14.3. The molecule has 9 heteroatoms. The van der Waals surface area contributed by atoms with E-state index >= 15 is 0 Å². The van der Waals surface area contributed by atoms with Crippen LogP contribution in [0.1, 0.15) is 57.8 Å². The topological polar surface area (TPSA) is 118 Å². The molecule has 0 aliphatic heterocycles. The molecule has 8 nitrogen and oxygen atoms in total. The summed E-state index contributed by atoms with van der Waals surface area (Å²) in [4.78, 5) is 23.6. The van der Waals surface area contributed by atoms with Gasteiger partial charge in [0.05, 0.1) is 9.82 Å². The molecule has 1 aromatic carbocycles. The van der Waals surface area contributed by atoms with E-state index in [2.05, 4.69) is 10.0 Å². The fourth-order valence-corrected chi connectivity index (χ4v) is 8.07. The molecule has 4 bridgehead atoms. The average Bonchev–Trinajstić information content (AvgIpc) is 2.63. The van der Waals surface area contributed by atoms with Crippen LogP contribution in [0, 0.1) is 27.9 Å². The number of carbonyl (C=O) groups excluding carboxylic acids is 1. The highest BCUT2D eigenvalue weighted by atomic mass is 32.2. The van der Waals surface area contributed by atoms with Crippen molar-refractivity contribution in [1.29, 1.82) is 0 Å². The lowest BCUT2D eigenvalue weighted by atomic mass is 9.53. The van der Waals surface area contributed by atoms with Gasteiger partial charge in [-0.05, 0) is 81.6 Å². The van der Waals surface area contributed by atoms with E-state index in [1.807, 2.05) is 0 Å². The van der Waals surface area contributed by atoms with Crippen LogP contribution >= 0.6 is 0 Å². The van der Waals surface area contributed by atoms with Crippen molar-refractivity contribution in [2.45, 2.75) is 73.8 Å². The van der Waals surface area contributed by atoms with Gasteiger partial charge in [0.1, 0.15) is 5.54 Å².